The standard InChI is InChI=1S/C20H24N2O2/c1-3-24-18-12-10-17(11-13-18)21-20(23)15(2)22-14-6-8-16-7-4-5-9-19(16)22/h4-5,7,9-13,15H,3,6,8,14H2,1-2H3,(H,21,23)/t15-/m0/s1. The zero-order chi connectivity index (χ0) is 16.9. The highest BCUT2D eigenvalue weighted by Crippen LogP contribution is 2.28. The van der Waals surface area contributed by atoms with E-state index in [9.17, 15) is 4.79 Å². The van der Waals surface area contributed by atoms with Crippen LogP contribution in [0.4, 0.5) is 11.4 Å². The highest BCUT2D eigenvalue weighted by Gasteiger charge is 2.25. The third kappa shape index (κ3) is 3.53. The molecular formula is C20H24N2O2. The van der Waals surface area contributed by atoms with Crippen molar-refractivity contribution in [2.45, 2.75) is 32.7 Å². The highest BCUT2D eigenvalue weighted by atomic mass is 16.5. The number of carbonyl (C=O) groups excluding carboxylic acids is 1. The first-order valence-corrected chi connectivity index (χ1v) is 8.57. The molecule has 1 amide bonds. The summed E-state index contributed by atoms with van der Waals surface area (Å²) < 4.78 is 5.43. The van der Waals surface area contributed by atoms with Crippen molar-refractivity contribution in [2.75, 3.05) is 23.4 Å². The zero-order valence-corrected chi connectivity index (χ0v) is 14.3. The second-order valence-corrected chi connectivity index (χ2v) is 6.05. The molecule has 0 spiro atoms. The summed E-state index contributed by atoms with van der Waals surface area (Å²) in [4.78, 5) is 14.8. The summed E-state index contributed by atoms with van der Waals surface area (Å²) in [5, 5.41) is 3.00. The molecule has 0 saturated carbocycles. The van der Waals surface area contributed by atoms with Gasteiger partial charge in [0, 0.05) is 17.9 Å². The van der Waals surface area contributed by atoms with Crippen molar-refractivity contribution in [3.05, 3.63) is 54.1 Å². The number of nitrogens with one attached hydrogen (secondary N) is 1. The number of nitrogens with zero attached hydrogens (tertiary/aromatic N) is 1. The van der Waals surface area contributed by atoms with Crippen molar-refractivity contribution >= 4 is 17.3 Å². The van der Waals surface area contributed by atoms with E-state index >= 15 is 0 Å². The van der Waals surface area contributed by atoms with Gasteiger partial charge in [-0.2, -0.15) is 0 Å². The predicted octanol–water partition coefficient (Wildman–Crippen LogP) is 3.87. The van der Waals surface area contributed by atoms with Gasteiger partial charge >= 0.3 is 0 Å². The van der Waals surface area contributed by atoms with Crippen LogP contribution in [0.5, 0.6) is 5.75 Å². The van der Waals surface area contributed by atoms with Crippen molar-refractivity contribution < 1.29 is 9.53 Å². The van der Waals surface area contributed by atoms with E-state index in [4.69, 9.17) is 4.74 Å². The van der Waals surface area contributed by atoms with E-state index < -0.39 is 0 Å². The molecule has 1 atom stereocenters. The maximum absolute atomic E-state index is 12.6. The number of aryl methyl sites for hydroxylation is 1. The van der Waals surface area contributed by atoms with Gasteiger partial charge in [0.25, 0.3) is 0 Å². The van der Waals surface area contributed by atoms with E-state index in [0.29, 0.717) is 6.61 Å². The minimum atomic E-state index is -0.210. The Labute approximate surface area is 143 Å². The van der Waals surface area contributed by atoms with Crippen LogP contribution in [0.15, 0.2) is 48.5 Å². The average molecular weight is 324 g/mol. The van der Waals surface area contributed by atoms with Gasteiger partial charge in [-0.05, 0) is 62.6 Å². The normalized spacial score (nSPS) is 14.7. The molecule has 0 bridgehead atoms. The maximum atomic E-state index is 12.6. The molecule has 1 N–H and O–H groups in total. The fourth-order valence-corrected chi connectivity index (χ4v) is 3.15. The van der Waals surface area contributed by atoms with Crippen LogP contribution in [0.2, 0.25) is 0 Å². The van der Waals surface area contributed by atoms with Crippen LogP contribution < -0.4 is 15.0 Å². The van der Waals surface area contributed by atoms with E-state index in [2.05, 4.69) is 28.4 Å². The summed E-state index contributed by atoms with van der Waals surface area (Å²) in [5.74, 6) is 0.823. The summed E-state index contributed by atoms with van der Waals surface area (Å²) in [5.41, 5.74) is 3.29. The van der Waals surface area contributed by atoms with Crippen molar-refractivity contribution in [1.82, 2.24) is 0 Å². The van der Waals surface area contributed by atoms with E-state index in [1.165, 1.54) is 11.3 Å². The Kier molecular flexibility index (Phi) is 5.04. The van der Waals surface area contributed by atoms with Crippen molar-refractivity contribution in [1.29, 1.82) is 0 Å². The number of amides is 1. The topological polar surface area (TPSA) is 41.6 Å². The number of fused-ring (bicyclic) bond motifs is 1. The van der Waals surface area contributed by atoms with Gasteiger partial charge in [0.05, 0.1) is 6.61 Å². The SMILES string of the molecule is CCOc1ccc(NC(=O)[C@H](C)N2CCCc3ccccc32)cc1. The Balaban J connectivity index is 1.69. The summed E-state index contributed by atoms with van der Waals surface area (Å²) in [6, 6.07) is 15.6. The van der Waals surface area contributed by atoms with E-state index in [0.717, 1.165) is 30.8 Å². The number of para-hydroxylation sites is 1. The molecule has 0 unspecified atom stereocenters. The van der Waals surface area contributed by atoms with Gasteiger partial charge in [-0.3, -0.25) is 4.79 Å². The number of rotatable bonds is 5. The van der Waals surface area contributed by atoms with Crippen molar-refractivity contribution in [3.8, 4) is 5.75 Å². The molecule has 24 heavy (non-hydrogen) atoms. The molecule has 4 nitrogen and oxygen atoms in total. The fraction of sp³-hybridized carbons (Fsp3) is 0.350. The van der Waals surface area contributed by atoms with Crippen LogP contribution in [0.3, 0.4) is 0 Å². The Morgan fingerprint density at radius 2 is 1.96 bits per heavy atom. The lowest BCUT2D eigenvalue weighted by atomic mass is 10.00. The molecule has 1 heterocycles. The minimum Gasteiger partial charge on any atom is -0.494 e. The Morgan fingerprint density at radius 1 is 1.21 bits per heavy atom. The van der Waals surface area contributed by atoms with Gasteiger partial charge in [-0.1, -0.05) is 18.2 Å². The molecule has 2 aromatic carbocycles. The number of anilines is 2. The largest absolute Gasteiger partial charge is 0.494 e. The van der Waals surface area contributed by atoms with Gasteiger partial charge < -0.3 is 15.0 Å². The molecule has 4 heteroatoms. The number of benzene rings is 2. The van der Waals surface area contributed by atoms with Gasteiger partial charge in [0.2, 0.25) is 5.91 Å². The smallest absolute Gasteiger partial charge is 0.246 e. The molecular weight excluding hydrogens is 300 g/mol. The number of carbonyl (C=O) groups is 1. The summed E-state index contributed by atoms with van der Waals surface area (Å²) in [7, 11) is 0. The van der Waals surface area contributed by atoms with Gasteiger partial charge in [0.15, 0.2) is 0 Å². The lowest BCUT2D eigenvalue weighted by Gasteiger charge is -2.35. The molecule has 0 radical (unpaired) electrons. The first-order chi connectivity index (χ1) is 11.7. The van der Waals surface area contributed by atoms with Crippen LogP contribution in [-0.2, 0) is 11.2 Å². The minimum absolute atomic E-state index is 0.0101. The van der Waals surface area contributed by atoms with E-state index in [1.54, 1.807) is 0 Å². The van der Waals surface area contributed by atoms with Crippen LogP contribution in [0, 0.1) is 0 Å². The van der Waals surface area contributed by atoms with Crippen molar-refractivity contribution in [3.63, 3.8) is 0 Å². The van der Waals surface area contributed by atoms with Crippen LogP contribution in [0.1, 0.15) is 25.8 Å². The van der Waals surface area contributed by atoms with Gasteiger partial charge in [-0.15, -0.1) is 0 Å². The number of hydrogen-bond donors (Lipinski definition) is 1. The summed E-state index contributed by atoms with van der Waals surface area (Å²) in [6.07, 6.45) is 2.16. The second kappa shape index (κ2) is 7.39. The second-order valence-electron chi connectivity index (χ2n) is 6.05. The monoisotopic (exact) mass is 324 g/mol. The molecule has 1 aliphatic heterocycles. The molecule has 0 aromatic heterocycles. The molecule has 0 saturated heterocycles. The lowest BCUT2D eigenvalue weighted by molar-refractivity contribution is -0.117. The lowest BCUT2D eigenvalue weighted by Crippen LogP contribution is -2.44. The van der Waals surface area contributed by atoms with Gasteiger partial charge in [-0.25, -0.2) is 0 Å². The summed E-state index contributed by atoms with van der Waals surface area (Å²) in [6.45, 7) is 5.46. The van der Waals surface area contributed by atoms with E-state index in [1.807, 2.05) is 44.2 Å². The third-order valence-corrected chi connectivity index (χ3v) is 4.43. The molecule has 126 valence electrons. The first-order valence-electron chi connectivity index (χ1n) is 8.57. The van der Waals surface area contributed by atoms with Crippen molar-refractivity contribution in [2.24, 2.45) is 0 Å². The number of hydrogen-bond acceptors (Lipinski definition) is 3. The van der Waals surface area contributed by atoms with E-state index in [-0.39, 0.29) is 11.9 Å². The predicted molar refractivity (Wildman–Crippen MR) is 97.8 cm³/mol. The maximum Gasteiger partial charge on any atom is 0.246 e. The Bertz CT molecular complexity index is 697. The molecule has 2 aromatic rings. The Hall–Kier alpha value is -2.49. The molecule has 1 aliphatic rings. The van der Waals surface area contributed by atoms with Gasteiger partial charge in [0.1, 0.15) is 11.8 Å². The van der Waals surface area contributed by atoms with Crippen LogP contribution in [-0.4, -0.2) is 25.1 Å². The van der Waals surface area contributed by atoms with Crippen LogP contribution >= 0.6 is 0 Å². The average Bonchev–Trinajstić information content (AvgIpc) is 2.62. The molecule has 0 fully saturated rings. The highest BCUT2D eigenvalue weighted by molar-refractivity contribution is 5.96. The molecule has 3 rings (SSSR count). The zero-order valence-electron chi connectivity index (χ0n) is 14.3. The number of ether oxygens (including phenoxy) is 1. The molecule has 0 aliphatic carbocycles. The quantitative estimate of drug-likeness (QED) is 0.908. The Morgan fingerprint density at radius 3 is 2.71 bits per heavy atom. The van der Waals surface area contributed by atoms with Crippen LogP contribution in [0.25, 0.3) is 0 Å². The fourth-order valence-electron chi connectivity index (χ4n) is 3.15. The first kappa shape index (κ1) is 16.4. The third-order valence-electron chi connectivity index (χ3n) is 4.43. The summed E-state index contributed by atoms with van der Waals surface area (Å²) >= 11 is 0.